The van der Waals surface area contributed by atoms with Crippen LogP contribution in [0.5, 0.6) is 0 Å². The number of aryl methyl sites for hydroxylation is 1. The zero-order valence-corrected chi connectivity index (χ0v) is 18.5. The first-order chi connectivity index (χ1) is 15.1. The van der Waals surface area contributed by atoms with Crippen LogP contribution in [0.25, 0.3) is 17.0 Å². The molecule has 5 N–H and O–H groups in total. The van der Waals surface area contributed by atoms with Gasteiger partial charge in [0.25, 0.3) is 5.91 Å². The van der Waals surface area contributed by atoms with Crippen LogP contribution in [0.4, 0.5) is 0 Å². The largest absolute Gasteiger partial charge is 0.396 e. The summed E-state index contributed by atoms with van der Waals surface area (Å²) in [5.74, 6) is -0.548. The second-order valence-corrected chi connectivity index (χ2v) is 7.06. The Morgan fingerprint density at radius 2 is 1.77 bits per heavy atom. The molecule has 0 aliphatic carbocycles. The molecular formula is C25H33N3O3. The van der Waals surface area contributed by atoms with Crippen molar-refractivity contribution in [3.05, 3.63) is 76.5 Å². The smallest absolute Gasteiger partial charge is 0.267 e. The van der Waals surface area contributed by atoms with E-state index in [1.165, 1.54) is 28.2 Å². The standard InChI is InChI=1S/C23H27N3O3.C2H6/c1-16-20-14-18(6-8-22(20)25-21(16)11-13-27)10-12-24-15-19-4-2-17(3-5-19)7-9-23(28)26-29;1-2/h2-9,14,24-25,27,29H,10-13,15H2,1H3,(H,26,28);1-2H3/b9-7+;. The summed E-state index contributed by atoms with van der Waals surface area (Å²) < 4.78 is 0. The van der Waals surface area contributed by atoms with Crippen molar-refractivity contribution < 1.29 is 15.1 Å². The van der Waals surface area contributed by atoms with Crippen LogP contribution in [0.15, 0.2) is 48.5 Å². The van der Waals surface area contributed by atoms with Gasteiger partial charge in [0.1, 0.15) is 0 Å². The Morgan fingerprint density at radius 3 is 2.45 bits per heavy atom. The first kappa shape index (κ1) is 24.3. The number of aliphatic hydroxyl groups is 1. The highest BCUT2D eigenvalue weighted by Gasteiger charge is 2.07. The monoisotopic (exact) mass is 423 g/mol. The predicted molar refractivity (Wildman–Crippen MR) is 126 cm³/mol. The van der Waals surface area contributed by atoms with Crippen LogP contribution < -0.4 is 10.8 Å². The van der Waals surface area contributed by atoms with Crippen molar-refractivity contribution in [3.63, 3.8) is 0 Å². The molecule has 3 rings (SSSR count). The fraction of sp³-hybridized carbons (Fsp3) is 0.320. The molecule has 31 heavy (non-hydrogen) atoms. The van der Waals surface area contributed by atoms with Crippen LogP contribution in [0.2, 0.25) is 0 Å². The van der Waals surface area contributed by atoms with Crippen molar-refractivity contribution in [1.82, 2.24) is 15.8 Å². The van der Waals surface area contributed by atoms with Gasteiger partial charge in [0, 0.05) is 42.2 Å². The second-order valence-electron chi connectivity index (χ2n) is 7.06. The lowest BCUT2D eigenvalue weighted by atomic mass is 10.1. The van der Waals surface area contributed by atoms with Gasteiger partial charge in [0.2, 0.25) is 0 Å². The number of hydroxylamine groups is 1. The van der Waals surface area contributed by atoms with E-state index in [-0.39, 0.29) is 6.61 Å². The number of fused-ring (bicyclic) bond motifs is 1. The van der Waals surface area contributed by atoms with Crippen LogP contribution in [0, 0.1) is 6.92 Å². The summed E-state index contributed by atoms with van der Waals surface area (Å²) in [5.41, 5.74) is 8.35. The molecule has 0 atom stereocenters. The lowest BCUT2D eigenvalue weighted by Crippen LogP contribution is -2.16. The number of rotatable bonds is 9. The van der Waals surface area contributed by atoms with Crippen molar-refractivity contribution in [2.45, 2.75) is 40.2 Å². The van der Waals surface area contributed by atoms with Gasteiger partial charge in [-0.05, 0) is 60.4 Å². The zero-order chi connectivity index (χ0) is 22.6. The summed E-state index contributed by atoms with van der Waals surface area (Å²) >= 11 is 0. The van der Waals surface area contributed by atoms with Crippen LogP contribution in [0.3, 0.4) is 0 Å². The predicted octanol–water partition coefficient (Wildman–Crippen LogP) is 3.89. The summed E-state index contributed by atoms with van der Waals surface area (Å²) in [5, 5.41) is 22.3. The maximum absolute atomic E-state index is 11.0. The number of carbonyl (C=O) groups excluding carboxylic acids is 1. The van der Waals surface area contributed by atoms with Gasteiger partial charge in [0.05, 0.1) is 0 Å². The van der Waals surface area contributed by atoms with Crippen molar-refractivity contribution >= 4 is 22.9 Å². The molecule has 6 heteroatoms. The number of aromatic nitrogens is 1. The molecular weight excluding hydrogens is 390 g/mol. The minimum atomic E-state index is -0.548. The van der Waals surface area contributed by atoms with Crippen LogP contribution in [-0.4, -0.2) is 34.4 Å². The maximum Gasteiger partial charge on any atom is 0.267 e. The first-order valence-electron chi connectivity index (χ1n) is 10.7. The minimum Gasteiger partial charge on any atom is -0.396 e. The first-order valence-corrected chi connectivity index (χ1v) is 10.7. The zero-order valence-electron chi connectivity index (χ0n) is 18.5. The number of nitrogens with one attached hydrogen (secondary N) is 3. The van der Waals surface area contributed by atoms with Gasteiger partial charge in [-0.1, -0.05) is 44.2 Å². The van der Waals surface area contributed by atoms with Gasteiger partial charge in [-0.3, -0.25) is 10.0 Å². The third-order valence-corrected chi connectivity index (χ3v) is 5.02. The quantitative estimate of drug-likeness (QED) is 0.156. The van der Waals surface area contributed by atoms with Crippen LogP contribution in [0.1, 0.15) is 41.8 Å². The Bertz CT molecular complexity index is 991. The third-order valence-electron chi connectivity index (χ3n) is 5.02. The Balaban J connectivity index is 0.00000166. The van der Waals surface area contributed by atoms with Crippen LogP contribution in [-0.2, 0) is 24.2 Å². The molecule has 0 bridgehead atoms. The average Bonchev–Trinajstić information content (AvgIpc) is 3.12. The lowest BCUT2D eigenvalue weighted by molar-refractivity contribution is -0.124. The average molecular weight is 424 g/mol. The van der Waals surface area contributed by atoms with Crippen molar-refractivity contribution in [1.29, 1.82) is 0 Å². The molecule has 0 aliphatic rings. The molecule has 2 aromatic carbocycles. The van der Waals surface area contributed by atoms with E-state index in [0.29, 0.717) is 6.42 Å². The van der Waals surface area contributed by atoms with Crippen molar-refractivity contribution in [2.24, 2.45) is 0 Å². The Kier molecular flexibility index (Phi) is 9.97. The van der Waals surface area contributed by atoms with E-state index in [1.807, 2.05) is 38.1 Å². The molecule has 0 spiro atoms. The van der Waals surface area contributed by atoms with Crippen molar-refractivity contribution in [3.8, 4) is 0 Å². The molecule has 1 aromatic heterocycles. The van der Waals surface area contributed by atoms with E-state index < -0.39 is 5.91 Å². The second kappa shape index (κ2) is 12.7. The van der Waals surface area contributed by atoms with Gasteiger partial charge in [-0.2, -0.15) is 0 Å². The minimum absolute atomic E-state index is 0.152. The summed E-state index contributed by atoms with van der Waals surface area (Å²) in [6.07, 6.45) is 4.52. The molecule has 1 amide bonds. The fourth-order valence-corrected chi connectivity index (χ4v) is 3.37. The van der Waals surface area contributed by atoms with E-state index >= 15 is 0 Å². The molecule has 166 valence electrons. The maximum atomic E-state index is 11.0. The SMILES string of the molecule is CC.Cc1c(CCO)[nH]c2ccc(CCNCc3ccc(/C=C/C(=O)NO)cc3)cc12. The van der Waals surface area contributed by atoms with E-state index in [4.69, 9.17) is 5.21 Å². The molecule has 1 heterocycles. The highest BCUT2D eigenvalue weighted by molar-refractivity contribution is 5.90. The number of carbonyl (C=O) groups is 1. The number of benzene rings is 2. The van der Waals surface area contributed by atoms with Gasteiger partial charge < -0.3 is 15.4 Å². The fourth-order valence-electron chi connectivity index (χ4n) is 3.37. The number of aliphatic hydroxyl groups excluding tert-OH is 1. The number of aromatic amines is 1. The molecule has 0 saturated carbocycles. The molecule has 0 radical (unpaired) electrons. The summed E-state index contributed by atoms with van der Waals surface area (Å²) in [6, 6.07) is 14.4. The normalized spacial score (nSPS) is 10.9. The van der Waals surface area contributed by atoms with Gasteiger partial charge in [0.15, 0.2) is 0 Å². The highest BCUT2D eigenvalue weighted by atomic mass is 16.5. The molecule has 6 nitrogen and oxygen atoms in total. The van der Waals surface area contributed by atoms with Gasteiger partial charge >= 0.3 is 0 Å². The summed E-state index contributed by atoms with van der Waals surface area (Å²) in [4.78, 5) is 14.4. The number of amides is 1. The van der Waals surface area contributed by atoms with Crippen molar-refractivity contribution in [2.75, 3.05) is 13.2 Å². The molecule has 0 aliphatic heterocycles. The third kappa shape index (κ3) is 7.07. The number of hydrogen-bond acceptors (Lipinski definition) is 4. The van der Waals surface area contributed by atoms with E-state index in [1.54, 1.807) is 11.6 Å². The number of hydrogen-bond donors (Lipinski definition) is 5. The Hall–Kier alpha value is -2.93. The van der Waals surface area contributed by atoms with E-state index in [0.717, 1.165) is 36.3 Å². The van der Waals surface area contributed by atoms with E-state index in [9.17, 15) is 9.90 Å². The molecule has 0 fully saturated rings. The topological polar surface area (TPSA) is 97.4 Å². The summed E-state index contributed by atoms with van der Waals surface area (Å²) in [6.45, 7) is 7.89. The molecule has 3 aromatic rings. The highest BCUT2D eigenvalue weighted by Crippen LogP contribution is 2.23. The van der Waals surface area contributed by atoms with Crippen LogP contribution >= 0.6 is 0 Å². The molecule has 0 saturated heterocycles. The van der Waals surface area contributed by atoms with Gasteiger partial charge in [-0.25, -0.2) is 5.48 Å². The van der Waals surface area contributed by atoms with Gasteiger partial charge in [-0.15, -0.1) is 0 Å². The molecule has 0 unspecified atom stereocenters. The lowest BCUT2D eigenvalue weighted by Gasteiger charge is -2.06. The summed E-state index contributed by atoms with van der Waals surface area (Å²) in [7, 11) is 0. The number of H-pyrrole nitrogens is 1. The van der Waals surface area contributed by atoms with E-state index in [2.05, 4.69) is 35.4 Å². The Labute approximate surface area is 184 Å². The Morgan fingerprint density at radius 1 is 1.06 bits per heavy atom.